The molecule has 1 fully saturated rings. The van der Waals surface area contributed by atoms with Crippen LogP contribution in [0.5, 0.6) is 0 Å². The molecule has 2 aromatic carbocycles. The topological polar surface area (TPSA) is 110 Å². The van der Waals surface area contributed by atoms with Crippen molar-refractivity contribution >= 4 is 32.1 Å². The molecule has 4 aromatic rings. The fourth-order valence-corrected chi connectivity index (χ4v) is 5.66. The zero-order valence-corrected chi connectivity index (χ0v) is 18.6. The van der Waals surface area contributed by atoms with E-state index in [-0.39, 0.29) is 15.6 Å². The lowest BCUT2D eigenvalue weighted by Crippen LogP contribution is -2.26. The predicted molar refractivity (Wildman–Crippen MR) is 120 cm³/mol. The fraction of sp³-hybridized carbons (Fsp3) is 0.318. The number of rotatable bonds is 3. The van der Waals surface area contributed by atoms with Crippen LogP contribution >= 0.6 is 0 Å². The molecule has 2 aromatic heterocycles. The van der Waals surface area contributed by atoms with Crippen molar-refractivity contribution in [1.29, 1.82) is 0 Å². The normalized spacial score (nSPS) is 15.4. The molecule has 0 atom stereocenters. The van der Waals surface area contributed by atoms with Crippen LogP contribution in [0, 0.1) is 13.8 Å². The average molecular weight is 454 g/mol. The number of benzene rings is 2. The molecule has 9 nitrogen and oxygen atoms in total. The second-order valence-corrected chi connectivity index (χ2v) is 9.85. The standard InChI is InChI=1S/C22H23N5O4S/c1-14-4-7-19(15(2)12-14)32(29,30)22-20-23-21(28)17-6-5-16(13-18(17)27(20)25-24-22)26-8-3-10-31-11-9-26/h4-7,12-13,25H,3,8-11H2,1-2H3. The summed E-state index contributed by atoms with van der Waals surface area (Å²) in [6, 6.07) is 10.6. The van der Waals surface area contributed by atoms with Crippen LogP contribution in [-0.4, -0.2) is 54.5 Å². The number of aryl methyl sites for hydroxylation is 2. The summed E-state index contributed by atoms with van der Waals surface area (Å²) in [5.41, 5.74) is 2.51. The third-order valence-electron chi connectivity index (χ3n) is 5.78. The van der Waals surface area contributed by atoms with Crippen LogP contribution in [0.15, 0.2) is 51.1 Å². The molecule has 0 aliphatic carbocycles. The maximum absolute atomic E-state index is 13.4. The summed E-state index contributed by atoms with van der Waals surface area (Å²) in [6.07, 6.45) is 0.909. The van der Waals surface area contributed by atoms with Crippen LogP contribution in [0.1, 0.15) is 17.5 Å². The number of aromatic nitrogens is 4. The van der Waals surface area contributed by atoms with Gasteiger partial charge in [0.2, 0.25) is 14.9 Å². The molecule has 10 heteroatoms. The van der Waals surface area contributed by atoms with Gasteiger partial charge in [-0.25, -0.2) is 18.1 Å². The molecule has 0 unspecified atom stereocenters. The van der Waals surface area contributed by atoms with Gasteiger partial charge >= 0.3 is 0 Å². The second-order valence-electron chi connectivity index (χ2n) is 8.02. The molecule has 1 aliphatic heterocycles. The quantitative estimate of drug-likeness (QED) is 0.507. The van der Waals surface area contributed by atoms with E-state index in [9.17, 15) is 13.2 Å². The molecule has 0 saturated carbocycles. The van der Waals surface area contributed by atoms with Crippen molar-refractivity contribution in [3.63, 3.8) is 0 Å². The first-order valence-electron chi connectivity index (χ1n) is 10.4. The lowest BCUT2D eigenvalue weighted by molar-refractivity contribution is 0.152. The summed E-state index contributed by atoms with van der Waals surface area (Å²) in [4.78, 5) is 19.2. The van der Waals surface area contributed by atoms with Crippen molar-refractivity contribution in [3.05, 3.63) is 57.9 Å². The van der Waals surface area contributed by atoms with Gasteiger partial charge in [0.25, 0.3) is 5.56 Å². The number of sulfone groups is 1. The van der Waals surface area contributed by atoms with E-state index in [0.717, 1.165) is 37.4 Å². The molecule has 5 rings (SSSR count). The lowest BCUT2D eigenvalue weighted by Gasteiger charge is -2.22. The lowest BCUT2D eigenvalue weighted by atomic mass is 10.2. The highest BCUT2D eigenvalue weighted by Gasteiger charge is 2.28. The molecular weight excluding hydrogens is 430 g/mol. The number of nitrogens with zero attached hydrogens (tertiary/aromatic N) is 4. The minimum atomic E-state index is -3.98. The third-order valence-corrected chi connectivity index (χ3v) is 7.60. The van der Waals surface area contributed by atoms with Crippen LogP contribution in [0.4, 0.5) is 5.69 Å². The van der Waals surface area contributed by atoms with E-state index in [0.29, 0.717) is 23.1 Å². The largest absolute Gasteiger partial charge is 0.380 e. The predicted octanol–water partition coefficient (Wildman–Crippen LogP) is 2.25. The zero-order chi connectivity index (χ0) is 22.5. The van der Waals surface area contributed by atoms with Gasteiger partial charge < -0.3 is 9.64 Å². The number of H-pyrrole nitrogens is 1. The van der Waals surface area contributed by atoms with Gasteiger partial charge in [-0.05, 0) is 50.1 Å². The number of nitrogens with one attached hydrogen (secondary N) is 1. The van der Waals surface area contributed by atoms with Gasteiger partial charge in [0, 0.05) is 25.4 Å². The van der Waals surface area contributed by atoms with Gasteiger partial charge in [-0.1, -0.05) is 17.7 Å². The average Bonchev–Trinajstić information content (AvgIpc) is 3.00. The highest BCUT2D eigenvalue weighted by molar-refractivity contribution is 7.91. The number of hydrogen-bond donors (Lipinski definition) is 1. The van der Waals surface area contributed by atoms with Gasteiger partial charge in [0.15, 0.2) is 5.65 Å². The minimum Gasteiger partial charge on any atom is -0.380 e. The number of fused-ring (bicyclic) bond motifs is 3. The van der Waals surface area contributed by atoms with Gasteiger partial charge in [0.1, 0.15) is 0 Å². The molecule has 166 valence electrons. The van der Waals surface area contributed by atoms with E-state index in [1.54, 1.807) is 31.2 Å². The van der Waals surface area contributed by atoms with Gasteiger partial charge in [-0.15, -0.1) is 5.10 Å². The summed E-state index contributed by atoms with van der Waals surface area (Å²) in [7, 11) is -3.98. The smallest absolute Gasteiger partial charge is 0.281 e. The molecule has 3 heterocycles. The molecule has 0 bridgehead atoms. The number of ether oxygens (including phenoxy) is 1. The summed E-state index contributed by atoms with van der Waals surface area (Å²) in [5.74, 6) is 0. The first-order chi connectivity index (χ1) is 15.4. The van der Waals surface area contributed by atoms with Crippen molar-refractivity contribution < 1.29 is 13.2 Å². The Balaban J connectivity index is 1.70. The highest BCUT2D eigenvalue weighted by atomic mass is 32.2. The molecule has 0 radical (unpaired) electrons. The van der Waals surface area contributed by atoms with Crippen molar-refractivity contribution in [2.45, 2.75) is 30.2 Å². The van der Waals surface area contributed by atoms with E-state index in [4.69, 9.17) is 4.74 Å². The molecule has 1 saturated heterocycles. The van der Waals surface area contributed by atoms with Crippen LogP contribution in [0.3, 0.4) is 0 Å². The van der Waals surface area contributed by atoms with E-state index in [1.165, 1.54) is 4.52 Å². The number of aromatic amines is 1. The Morgan fingerprint density at radius 1 is 1.06 bits per heavy atom. The molecule has 32 heavy (non-hydrogen) atoms. The van der Waals surface area contributed by atoms with E-state index in [2.05, 4.69) is 20.2 Å². The Bertz CT molecular complexity index is 1500. The summed E-state index contributed by atoms with van der Waals surface area (Å²) in [5, 5.41) is 6.94. The second kappa shape index (κ2) is 7.72. The van der Waals surface area contributed by atoms with Gasteiger partial charge in [-0.3, -0.25) is 4.79 Å². The zero-order valence-electron chi connectivity index (χ0n) is 17.8. The van der Waals surface area contributed by atoms with Crippen LogP contribution in [-0.2, 0) is 14.6 Å². The Morgan fingerprint density at radius 3 is 2.72 bits per heavy atom. The third kappa shape index (κ3) is 3.35. The monoisotopic (exact) mass is 453 g/mol. The maximum Gasteiger partial charge on any atom is 0.281 e. The summed E-state index contributed by atoms with van der Waals surface area (Å²) >= 11 is 0. The molecular formula is C22H23N5O4S. The van der Waals surface area contributed by atoms with Crippen LogP contribution < -0.4 is 10.5 Å². The molecule has 0 spiro atoms. The van der Waals surface area contributed by atoms with Crippen LogP contribution in [0.25, 0.3) is 16.6 Å². The Morgan fingerprint density at radius 2 is 1.91 bits per heavy atom. The van der Waals surface area contributed by atoms with Crippen molar-refractivity contribution in [2.24, 2.45) is 0 Å². The first-order valence-corrected chi connectivity index (χ1v) is 11.9. The Hall–Kier alpha value is -3.24. The Labute approximate surface area is 184 Å². The number of hydrogen-bond acceptors (Lipinski definition) is 7. The Kier molecular flexibility index (Phi) is 4.98. The molecule has 0 amide bonds. The highest BCUT2D eigenvalue weighted by Crippen LogP contribution is 2.27. The fourth-order valence-electron chi connectivity index (χ4n) is 4.18. The van der Waals surface area contributed by atoms with Crippen molar-refractivity contribution in [3.8, 4) is 0 Å². The number of anilines is 1. The summed E-state index contributed by atoms with van der Waals surface area (Å²) < 4.78 is 33.8. The van der Waals surface area contributed by atoms with Crippen molar-refractivity contribution in [1.82, 2.24) is 19.8 Å². The van der Waals surface area contributed by atoms with Crippen molar-refractivity contribution in [2.75, 3.05) is 31.2 Å². The van der Waals surface area contributed by atoms with Gasteiger partial charge in [-0.2, -0.15) is 4.98 Å². The first kappa shape index (κ1) is 20.7. The minimum absolute atomic E-state index is 0.0150. The molecule has 1 N–H and O–H groups in total. The maximum atomic E-state index is 13.4. The van der Waals surface area contributed by atoms with E-state index >= 15 is 0 Å². The van der Waals surface area contributed by atoms with E-state index < -0.39 is 15.4 Å². The SMILES string of the molecule is Cc1ccc(S(=O)(=O)c2n[nH]n3c2nc(=O)c2ccc(N4CCCOCC4)cc23)c(C)c1. The summed E-state index contributed by atoms with van der Waals surface area (Å²) in [6.45, 7) is 6.56. The van der Waals surface area contributed by atoms with E-state index in [1.807, 2.05) is 19.1 Å². The van der Waals surface area contributed by atoms with Crippen LogP contribution in [0.2, 0.25) is 0 Å². The molecule has 1 aliphatic rings. The van der Waals surface area contributed by atoms with Gasteiger partial charge in [0.05, 0.1) is 22.4 Å².